The molecule has 0 bridgehead atoms. The SMILES string of the molecule is CC(C)OCCn1nnc(C(=O)O)c1-c1nccn1C. The fourth-order valence-electron chi connectivity index (χ4n) is 1.80. The molecule has 0 unspecified atom stereocenters. The van der Waals surface area contributed by atoms with Gasteiger partial charge < -0.3 is 14.4 Å². The molecular formula is C12H17N5O3. The summed E-state index contributed by atoms with van der Waals surface area (Å²) in [6.45, 7) is 4.71. The number of carboxylic acid groups (broad SMARTS) is 1. The summed E-state index contributed by atoms with van der Waals surface area (Å²) in [6.07, 6.45) is 3.44. The van der Waals surface area contributed by atoms with Gasteiger partial charge in [-0.25, -0.2) is 14.5 Å². The van der Waals surface area contributed by atoms with Crippen molar-refractivity contribution in [2.45, 2.75) is 26.5 Å². The van der Waals surface area contributed by atoms with Crippen LogP contribution in [0, 0.1) is 0 Å². The summed E-state index contributed by atoms with van der Waals surface area (Å²) in [6, 6.07) is 0. The smallest absolute Gasteiger partial charge is 0.358 e. The van der Waals surface area contributed by atoms with E-state index in [1.54, 1.807) is 24.0 Å². The maximum absolute atomic E-state index is 11.2. The molecule has 0 atom stereocenters. The van der Waals surface area contributed by atoms with Crippen molar-refractivity contribution in [1.82, 2.24) is 24.5 Å². The summed E-state index contributed by atoms with van der Waals surface area (Å²) in [5.41, 5.74) is 0.279. The molecule has 2 heterocycles. The van der Waals surface area contributed by atoms with E-state index < -0.39 is 5.97 Å². The van der Waals surface area contributed by atoms with E-state index in [0.29, 0.717) is 24.7 Å². The predicted octanol–water partition coefficient (Wildman–Crippen LogP) is 0.802. The summed E-state index contributed by atoms with van der Waals surface area (Å²) in [7, 11) is 1.79. The third-order valence-corrected chi connectivity index (χ3v) is 2.72. The van der Waals surface area contributed by atoms with Crippen LogP contribution in [0.3, 0.4) is 0 Å². The number of imidazole rings is 1. The van der Waals surface area contributed by atoms with E-state index in [4.69, 9.17) is 4.74 Å². The normalized spacial score (nSPS) is 11.2. The first-order valence-electron chi connectivity index (χ1n) is 6.26. The zero-order valence-electron chi connectivity index (χ0n) is 11.6. The van der Waals surface area contributed by atoms with E-state index in [9.17, 15) is 9.90 Å². The average molecular weight is 279 g/mol. The van der Waals surface area contributed by atoms with E-state index in [1.165, 1.54) is 4.68 Å². The van der Waals surface area contributed by atoms with Crippen LogP contribution in [0.5, 0.6) is 0 Å². The monoisotopic (exact) mass is 279 g/mol. The average Bonchev–Trinajstić information content (AvgIpc) is 2.94. The number of carboxylic acids is 1. The van der Waals surface area contributed by atoms with Crippen LogP contribution >= 0.6 is 0 Å². The van der Waals surface area contributed by atoms with Crippen LogP contribution < -0.4 is 0 Å². The number of rotatable bonds is 6. The first-order chi connectivity index (χ1) is 9.50. The van der Waals surface area contributed by atoms with Crippen molar-refractivity contribution in [3.05, 3.63) is 18.1 Å². The van der Waals surface area contributed by atoms with Crippen LogP contribution in [0.1, 0.15) is 24.3 Å². The van der Waals surface area contributed by atoms with Crippen LogP contribution in [0.15, 0.2) is 12.4 Å². The summed E-state index contributed by atoms with van der Waals surface area (Å²) in [5.74, 6) is -0.615. The Hall–Kier alpha value is -2.22. The summed E-state index contributed by atoms with van der Waals surface area (Å²) in [5, 5.41) is 16.8. The third-order valence-electron chi connectivity index (χ3n) is 2.72. The number of hydrogen-bond acceptors (Lipinski definition) is 5. The van der Waals surface area contributed by atoms with Gasteiger partial charge in [-0.05, 0) is 13.8 Å². The van der Waals surface area contributed by atoms with E-state index in [-0.39, 0.29) is 11.8 Å². The molecule has 0 aromatic carbocycles. The van der Waals surface area contributed by atoms with Gasteiger partial charge in [0.05, 0.1) is 19.3 Å². The third kappa shape index (κ3) is 2.85. The minimum Gasteiger partial charge on any atom is -0.476 e. The van der Waals surface area contributed by atoms with Crippen molar-refractivity contribution in [3.63, 3.8) is 0 Å². The highest BCUT2D eigenvalue weighted by Crippen LogP contribution is 2.20. The zero-order chi connectivity index (χ0) is 14.7. The molecule has 0 saturated carbocycles. The van der Waals surface area contributed by atoms with Crippen molar-refractivity contribution in [3.8, 4) is 11.5 Å². The minimum atomic E-state index is -1.13. The molecule has 0 aliphatic carbocycles. The molecule has 20 heavy (non-hydrogen) atoms. The second kappa shape index (κ2) is 5.83. The number of hydrogen-bond donors (Lipinski definition) is 1. The summed E-state index contributed by atoms with van der Waals surface area (Å²) in [4.78, 5) is 15.4. The van der Waals surface area contributed by atoms with Crippen LogP contribution in [0.25, 0.3) is 11.5 Å². The van der Waals surface area contributed by atoms with Gasteiger partial charge in [-0.1, -0.05) is 5.21 Å². The lowest BCUT2D eigenvalue weighted by atomic mass is 10.3. The largest absolute Gasteiger partial charge is 0.476 e. The van der Waals surface area contributed by atoms with Crippen molar-refractivity contribution in [1.29, 1.82) is 0 Å². The first kappa shape index (κ1) is 14.2. The van der Waals surface area contributed by atoms with E-state index >= 15 is 0 Å². The molecule has 2 rings (SSSR count). The van der Waals surface area contributed by atoms with Gasteiger partial charge in [-0.3, -0.25) is 0 Å². The van der Waals surface area contributed by atoms with E-state index in [0.717, 1.165) is 0 Å². The molecule has 0 aliphatic heterocycles. The highest BCUT2D eigenvalue weighted by molar-refractivity contribution is 5.91. The summed E-state index contributed by atoms with van der Waals surface area (Å²) < 4.78 is 8.69. The first-order valence-corrected chi connectivity index (χ1v) is 6.26. The van der Waals surface area contributed by atoms with Crippen molar-refractivity contribution < 1.29 is 14.6 Å². The van der Waals surface area contributed by atoms with E-state index in [1.807, 2.05) is 13.8 Å². The fourth-order valence-corrected chi connectivity index (χ4v) is 1.80. The quantitative estimate of drug-likeness (QED) is 0.840. The van der Waals surface area contributed by atoms with Crippen molar-refractivity contribution in [2.75, 3.05) is 6.61 Å². The van der Waals surface area contributed by atoms with Gasteiger partial charge in [0.1, 0.15) is 5.69 Å². The lowest BCUT2D eigenvalue weighted by molar-refractivity contribution is 0.0687. The minimum absolute atomic E-state index is 0.106. The standard InChI is InChI=1S/C12H17N5O3/c1-8(2)20-7-6-17-10(9(12(18)19)14-15-17)11-13-4-5-16(11)3/h4-5,8H,6-7H2,1-3H3,(H,18,19). The second-order valence-electron chi connectivity index (χ2n) is 4.60. The number of aryl methyl sites for hydroxylation is 1. The maximum atomic E-state index is 11.2. The number of aromatic nitrogens is 5. The van der Waals surface area contributed by atoms with Gasteiger partial charge >= 0.3 is 5.97 Å². The summed E-state index contributed by atoms with van der Waals surface area (Å²) >= 11 is 0. The van der Waals surface area contributed by atoms with Crippen LogP contribution in [-0.2, 0) is 18.3 Å². The Balaban J connectivity index is 2.33. The Labute approximate surface area is 116 Å². The lowest BCUT2D eigenvalue weighted by Crippen LogP contribution is -2.14. The van der Waals surface area contributed by atoms with Gasteiger partial charge in [0.25, 0.3) is 0 Å². The van der Waals surface area contributed by atoms with Gasteiger partial charge in [0.15, 0.2) is 5.82 Å². The molecule has 108 valence electrons. The van der Waals surface area contributed by atoms with E-state index in [2.05, 4.69) is 15.3 Å². The number of aromatic carboxylic acids is 1. The molecule has 1 N–H and O–H groups in total. The predicted molar refractivity (Wildman–Crippen MR) is 70.3 cm³/mol. The van der Waals surface area contributed by atoms with Crippen molar-refractivity contribution >= 4 is 5.97 Å². The topological polar surface area (TPSA) is 95.1 Å². The maximum Gasteiger partial charge on any atom is 0.358 e. The van der Waals surface area contributed by atoms with Crippen LogP contribution in [0.2, 0.25) is 0 Å². The Kier molecular flexibility index (Phi) is 4.14. The molecular weight excluding hydrogens is 262 g/mol. The Morgan fingerprint density at radius 3 is 2.80 bits per heavy atom. The van der Waals surface area contributed by atoms with Gasteiger partial charge in [0, 0.05) is 19.4 Å². The molecule has 0 spiro atoms. The van der Waals surface area contributed by atoms with Gasteiger partial charge in [-0.15, -0.1) is 5.10 Å². The number of nitrogens with zero attached hydrogens (tertiary/aromatic N) is 5. The lowest BCUT2D eigenvalue weighted by Gasteiger charge is -2.09. The molecule has 0 amide bonds. The molecule has 0 radical (unpaired) electrons. The van der Waals surface area contributed by atoms with Gasteiger partial charge in [0.2, 0.25) is 5.69 Å². The molecule has 0 saturated heterocycles. The molecule has 8 nitrogen and oxygen atoms in total. The van der Waals surface area contributed by atoms with Crippen LogP contribution in [-0.4, -0.2) is 48.3 Å². The Morgan fingerprint density at radius 1 is 1.50 bits per heavy atom. The fraction of sp³-hybridized carbons (Fsp3) is 0.500. The van der Waals surface area contributed by atoms with Crippen LogP contribution in [0.4, 0.5) is 0 Å². The van der Waals surface area contributed by atoms with Gasteiger partial charge in [-0.2, -0.15) is 0 Å². The molecule has 2 aromatic rings. The second-order valence-corrected chi connectivity index (χ2v) is 4.60. The van der Waals surface area contributed by atoms with Crippen molar-refractivity contribution in [2.24, 2.45) is 7.05 Å². The molecule has 0 aliphatic rings. The number of carbonyl (C=O) groups is 1. The highest BCUT2D eigenvalue weighted by atomic mass is 16.5. The molecule has 8 heteroatoms. The Bertz CT molecular complexity index is 602. The highest BCUT2D eigenvalue weighted by Gasteiger charge is 2.23. The Morgan fingerprint density at radius 2 is 2.25 bits per heavy atom. The molecule has 2 aromatic heterocycles. The zero-order valence-corrected chi connectivity index (χ0v) is 11.6. The molecule has 0 fully saturated rings. The number of ether oxygens (including phenoxy) is 1.